The SMILES string of the molecule is CCOc1ccc(-c2ccc(=O)n(CCNC(=O)c3ccc(Cn4ccnc4)cc3)n2)cc1. The lowest BCUT2D eigenvalue weighted by molar-refractivity contribution is 0.0951. The molecule has 168 valence electrons. The number of hydrogen-bond acceptors (Lipinski definition) is 5. The molecule has 0 aliphatic carbocycles. The van der Waals surface area contributed by atoms with Crippen LogP contribution >= 0.6 is 0 Å². The van der Waals surface area contributed by atoms with Crippen molar-refractivity contribution in [3.63, 3.8) is 0 Å². The summed E-state index contributed by atoms with van der Waals surface area (Å²) in [7, 11) is 0. The van der Waals surface area contributed by atoms with Crippen LogP contribution in [0.4, 0.5) is 0 Å². The van der Waals surface area contributed by atoms with Gasteiger partial charge in [0.2, 0.25) is 0 Å². The van der Waals surface area contributed by atoms with Crippen molar-refractivity contribution in [2.75, 3.05) is 13.2 Å². The van der Waals surface area contributed by atoms with Crippen LogP contribution in [0.3, 0.4) is 0 Å². The molecule has 2 aromatic carbocycles. The summed E-state index contributed by atoms with van der Waals surface area (Å²) >= 11 is 0. The number of nitrogens with zero attached hydrogens (tertiary/aromatic N) is 4. The van der Waals surface area contributed by atoms with E-state index in [9.17, 15) is 9.59 Å². The van der Waals surface area contributed by atoms with Crippen LogP contribution in [0.15, 0.2) is 84.2 Å². The van der Waals surface area contributed by atoms with Gasteiger partial charge < -0.3 is 14.6 Å². The highest BCUT2D eigenvalue weighted by molar-refractivity contribution is 5.94. The van der Waals surface area contributed by atoms with Crippen molar-refractivity contribution < 1.29 is 9.53 Å². The molecule has 8 heteroatoms. The molecule has 2 aromatic heterocycles. The monoisotopic (exact) mass is 443 g/mol. The first-order valence-electron chi connectivity index (χ1n) is 10.8. The predicted octanol–water partition coefficient (Wildman–Crippen LogP) is 2.98. The Balaban J connectivity index is 1.34. The summed E-state index contributed by atoms with van der Waals surface area (Å²) in [5.74, 6) is 0.590. The van der Waals surface area contributed by atoms with Gasteiger partial charge in [-0.25, -0.2) is 9.67 Å². The van der Waals surface area contributed by atoms with Gasteiger partial charge in [0.1, 0.15) is 5.75 Å². The number of imidazole rings is 1. The number of rotatable bonds is 9. The van der Waals surface area contributed by atoms with E-state index in [-0.39, 0.29) is 24.6 Å². The van der Waals surface area contributed by atoms with Gasteiger partial charge in [-0.05, 0) is 55.0 Å². The number of amides is 1. The molecule has 33 heavy (non-hydrogen) atoms. The molecular weight excluding hydrogens is 418 g/mol. The molecule has 0 unspecified atom stereocenters. The van der Waals surface area contributed by atoms with Crippen LogP contribution in [0.2, 0.25) is 0 Å². The van der Waals surface area contributed by atoms with Crippen molar-refractivity contribution in [3.8, 4) is 17.0 Å². The number of ether oxygens (including phenoxy) is 1. The van der Waals surface area contributed by atoms with Crippen molar-refractivity contribution in [1.29, 1.82) is 0 Å². The Morgan fingerprint density at radius 3 is 2.52 bits per heavy atom. The van der Waals surface area contributed by atoms with Gasteiger partial charge in [-0.1, -0.05) is 12.1 Å². The minimum Gasteiger partial charge on any atom is -0.494 e. The van der Waals surface area contributed by atoms with E-state index in [1.54, 1.807) is 30.7 Å². The number of carbonyl (C=O) groups is 1. The fourth-order valence-corrected chi connectivity index (χ4v) is 3.38. The maximum atomic E-state index is 12.5. The van der Waals surface area contributed by atoms with Crippen molar-refractivity contribution in [2.45, 2.75) is 20.0 Å². The van der Waals surface area contributed by atoms with Gasteiger partial charge >= 0.3 is 0 Å². The minimum absolute atomic E-state index is 0.195. The summed E-state index contributed by atoms with van der Waals surface area (Å²) in [5, 5.41) is 7.29. The van der Waals surface area contributed by atoms with E-state index in [1.807, 2.05) is 54.1 Å². The van der Waals surface area contributed by atoms with Gasteiger partial charge in [-0.3, -0.25) is 9.59 Å². The second-order valence-electron chi connectivity index (χ2n) is 7.43. The average Bonchev–Trinajstić information content (AvgIpc) is 3.34. The van der Waals surface area contributed by atoms with E-state index in [2.05, 4.69) is 15.4 Å². The summed E-state index contributed by atoms with van der Waals surface area (Å²) in [6.45, 7) is 3.79. The zero-order chi connectivity index (χ0) is 23.0. The second kappa shape index (κ2) is 10.4. The number of benzene rings is 2. The predicted molar refractivity (Wildman–Crippen MR) is 125 cm³/mol. The summed E-state index contributed by atoms with van der Waals surface area (Å²) < 4.78 is 8.78. The molecule has 2 heterocycles. The van der Waals surface area contributed by atoms with Gasteiger partial charge in [0.15, 0.2) is 0 Å². The lowest BCUT2D eigenvalue weighted by atomic mass is 10.1. The first-order chi connectivity index (χ1) is 16.1. The van der Waals surface area contributed by atoms with Gasteiger partial charge in [0.05, 0.1) is 25.2 Å². The summed E-state index contributed by atoms with van der Waals surface area (Å²) in [6, 6.07) is 18.1. The van der Waals surface area contributed by atoms with E-state index in [1.165, 1.54) is 10.7 Å². The van der Waals surface area contributed by atoms with Crippen molar-refractivity contribution in [2.24, 2.45) is 0 Å². The molecule has 8 nitrogen and oxygen atoms in total. The van der Waals surface area contributed by atoms with Crippen molar-refractivity contribution in [1.82, 2.24) is 24.6 Å². The Labute approximate surface area is 191 Å². The van der Waals surface area contributed by atoms with Gasteiger partial charge in [-0.2, -0.15) is 5.10 Å². The molecular formula is C25H25N5O3. The van der Waals surface area contributed by atoms with Crippen LogP contribution in [-0.4, -0.2) is 38.4 Å². The van der Waals surface area contributed by atoms with Crippen molar-refractivity contribution in [3.05, 3.63) is 101 Å². The number of aromatic nitrogens is 4. The molecule has 0 spiro atoms. The fourth-order valence-electron chi connectivity index (χ4n) is 3.38. The zero-order valence-electron chi connectivity index (χ0n) is 18.3. The molecule has 0 bridgehead atoms. The maximum absolute atomic E-state index is 12.5. The van der Waals surface area contributed by atoms with Crippen LogP contribution in [0, 0.1) is 0 Å². The second-order valence-corrected chi connectivity index (χ2v) is 7.43. The lowest BCUT2D eigenvalue weighted by Gasteiger charge is -2.10. The highest BCUT2D eigenvalue weighted by Gasteiger charge is 2.07. The molecule has 0 aliphatic rings. The Morgan fingerprint density at radius 2 is 1.82 bits per heavy atom. The van der Waals surface area contributed by atoms with E-state index in [0.717, 1.165) is 16.9 Å². The topological polar surface area (TPSA) is 91.0 Å². The zero-order valence-corrected chi connectivity index (χ0v) is 18.3. The molecule has 4 rings (SSSR count). The van der Waals surface area contributed by atoms with Crippen LogP contribution in [0.25, 0.3) is 11.3 Å². The molecule has 1 amide bonds. The van der Waals surface area contributed by atoms with E-state index in [0.29, 0.717) is 24.4 Å². The smallest absolute Gasteiger partial charge is 0.266 e. The summed E-state index contributed by atoms with van der Waals surface area (Å²) in [5.41, 5.74) is 2.98. The molecule has 0 saturated carbocycles. The Bertz CT molecular complexity index is 1250. The molecule has 0 aliphatic heterocycles. The van der Waals surface area contributed by atoms with Crippen LogP contribution in [-0.2, 0) is 13.1 Å². The molecule has 0 saturated heterocycles. The highest BCUT2D eigenvalue weighted by Crippen LogP contribution is 2.19. The molecule has 4 aromatic rings. The van der Waals surface area contributed by atoms with E-state index >= 15 is 0 Å². The average molecular weight is 444 g/mol. The largest absolute Gasteiger partial charge is 0.494 e. The van der Waals surface area contributed by atoms with E-state index in [4.69, 9.17) is 4.74 Å². The Morgan fingerprint density at radius 1 is 1.03 bits per heavy atom. The summed E-state index contributed by atoms with van der Waals surface area (Å²) in [4.78, 5) is 28.7. The molecule has 1 N–H and O–H groups in total. The first kappa shape index (κ1) is 22.0. The lowest BCUT2D eigenvalue weighted by Crippen LogP contribution is -2.31. The van der Waals surface area contributed by atoms with Gasteiger partial charge in [-0.15, -0.1) is 0 Å². The first-order valence-corrected chi connectivity index (χ1v) is 10.8. The third-order valence-corrected chi connectivity index (χ3v) is 5.08. The van der Waals surface area contributed by atoms with Crippen LogP contribution in [0.1, 0.15) is 22.8 Å². The van der Waals surface area contributed by atoms with Crippen LogP contribution in [0.5, 0.6) is 5.75 Å². The van der Waals surface area contributed by atoms with Gasteiger partial charge in [0, 0.05) is 42.7 Å². The molecule has 0 fully saturated rings. The number of nitrogens with one attached hydrogen (secondary N) is 1. The maximum Gasteiger partial charge on any atom is 0.266 e. The van der Waals surface area contributed by atoms with E-state index < -0.39 is 0 Å². The normalized spacial score (nSPS) is 10.7. The van der Waals surface area contributed by atoms with Gasteiger partial charge in [0.25, 0.3) is 11.5 Å². The molecule has 0 radical (unpaired) electrons. The minimum atomic E-state index is -0.220. The summed E-state index contributed by atoms with van der Waals surface area (Å²) in [6.07, 6.45) is 5.37. The standard InChI is InChI=1S/C25H25N5O3/c1-2-33-22-9-7-20(8-10-22)23-11-12-24(31)30(28-23)16-14-27-25(32)21-5-3-19(4-6-21)17-29-15-13-26-18-29/h3-13,15,18H,2,14,16-17H2,1H3,(H,27,32). The number of hydrogen-bond donors (Lipinski definition) is 1. The third-order valence-electron chi connectivity index (χ3n) is 5.08. The van der Waals surface area contributed by atoms with Crippen LogP contribution < -0.4 is 15.6 Å². The quantitative estimate of drug-likeness (QED) is 0.429. The third kappa shape index (κ3) is 5.74. The number of carbonyl (C=O) groups excluding carboxylic acids is 1. The fraction of sp³-hybridized carbons (Fsp3) is 0.200. The van der Waals surface area contributed by atoms with Crippen molar-refractivity contribution >= 4 is 5.91 Å². The Hall–Kier alpha value is -4.20. The highest BCUT2D eigenvalue weighted by atomic mass is 16.5. The Kier molecular flexibility index (Phi) is 6.94. The molecule has 0 atom stereocenters.